The normalized spacial score (nSPS) is 13.9. The van der Waals surface area contributed by atoms with E-state index in [0.29, 0.717) is 0 Å². The number of hydrogen-bond donors (Lipinski definition) is 2. The second-order valence-corrected chi connectivity index (χ2v) is 5.48. The predicted octanol–water partition coefficient (Wildman–Crippen LogP) is 2.54. The van der Waals surface area contributed by atoms with Crippen LogP contribution in [0, 0.1) is 16.0 Å². The molecular weight excluding hydrogens is 270 g/mol. The molecule has 0 aromatic heterocycles. The van der Waals surface area contributed by atoms with Gasteiger partial charge in [-0.15, -0.1) is 0 Å². The van der Waals surface area contributed by atoms with E-state index in [1.54, 1.807) is 12.1 Å². The van der Waals surface area contributed by atoms with E-state index in [2.05, 4.69) is 5.32 Å². The maximum atomic E-state index is 11.5. The molecule has 1 rings (SSSR count). The van der Waals surface area contributed by atoms with Gasteiger partial charge in [-0.05, 0) is 17.9 Å². The van der Waals surface area contributed by atoms with Crippen molar-refractivity contribution in [3.63, 3.8) is 0 Å². The summed E-state index contributed by atoms with van der Waals surface area (Å²) in [5, 5.41) is 14.1. The first-order chi connectivity index (χ1) is 9.86. The van der Waals surface area contributed by atoms with Gasteiger partial charge in [0, 0.05) is 18.2 Å². The predicted molar refractivity (Wildman–Crippen MR) is 81.7 cm³/mol. The second-order valence-electron chi connectivity index (χ2n) is 5.48. The third kappa shape index (κ3) is 4.82. The van der Waals surface area contributed by atoms with Gasteiger partial charge in [-0.2, -0.15) is 0 Å². The number of non-ortho nitro benzene ring substituents is 1. The third-order valence-corrected chi connectivity index (χ3v) is 3.41. The van der Waals surface area contributed by atoms with Gasteiger partial charge in [-0.25, -0.2) is 0 Å². The summed E-state index contributed by atoms with van der Waals surface area (Å²) in [6, 6.07) is 5.91. The van der Waals surface area contributed by atoms with Crippen molar-refractivity contribution in [1.29, 1.82) is 0 Å². The largest absolute Gasteiger partial charge is 0.368 e. The molecule has 0 bridgehead atoms. The molecule has 116 valence electrons. The van der Waals surface area contributed by atoms with Gasteiger partial charge in [0.25, 0.3) is 5.69 Å². The van der Waals surface area contributed by atoms with Gasteiger partial charge < -0.3 is 5.73 Å². The zero-order valence-corrected chi connectivity index (χ0v) is 12.7. The van der Waals surface area contributed by atoms with Crippen LogP contribution >= 0.6 is 0 Å². The highest BCUT2D eigenvalue weighted by Gasteiger charge is 2.24. The summed E-state index contributed by atoms with van der Waals surface area (Å²) in [5.41, 5.74) is 6.28. The number of benzene rings is 1. The molecule has 0 aliphatic rings. The number of rotatable bonds is 8. The molecule has 6 heteroatoms. The topological polar surface area (TPSA) is 98.3 Å². The minimum atomic E-state index is -0.458. The van der Waals surface area contributed by atoms with Crippen molar-refractivity contribution >= 4 is 11.6 Å². The highest BCUT2D eigenvalue weighted by molar-refractivity contribution is 5.80. The van der Waals surface area contributed by atoms with Gasteiger partial charge in [0.1, 0.15) is 0 Å². The number of hydrogen-bond acceptors (Lipinski definition) is 4. The van der Waals surface area contributed by atoms with Gasteiger partial charge in [0.15, 0.2) is 0 Å². The van der Waals surface area contributed by atoms with Crippen molar-refractivity contribution in [2.45, 2.75) is 45.7 Å². The molecule has 0 radical (unpaired) electrons. The molecular formula is C15H23N3O3. The minimum Gasteiger partial charge on any atom is -0.368 e. The van der Waals surface area contributed by atoms with E-state index in [1.807, 2.05) is 26.8 Å². The van der Waals surface area contributed by atoms with Gasteiger partial charge in [0.05, 0.1) is 11.0 Å². The van der Waals surface area contributed by atoms with E-state index in [0.717, 1.165) is 18.4 Å². The van der Waals surface area contributed by atoms with E-state index >= 15 is 0 Å². The molecule has 1 aromatic rings. The highest BCUT2D eigenvalue weighted by Crippen LogP contribution is 2.24. The van der Waals surface area contributed by atoms with Crippen LogP contribution in [-0.4, -0.2) is 16.9 Å². The fourth-order valence-electron chi connectivity index (χ4n) is 2.31. The molecule has 2 atom stereocenters. The Morgan fingerprint density at radius 2 is 2.10 bits per heavy atom. The standard InChI is InChI=1S/C15H23N3O3/c1-4-6-13(17-14(10(2)3)15(16)19)11-7-5-8-12(9-11)18(20)21/h5,7-10,13-14,17H,4,6H2,1-3H3,(H2,16,19). The SMILES string of the molecule is CCCC(NC(C(N)=O)C(C)C)c1cccc([N+](=O)[O-])c1. The van der Waals surface area contributed by atoms with Crippen molar-refractivity contribution in [3.05, 3.63) is 39.9 Å². The molecule has 0 saturated carbocycles. The number of carbonyl (C=O) groups is 1. The number of nitrogens with one attached hydrogen (secondary N) is 1. The molecule has 1 amide bonds. The second kappa shape index (κ2) is 7.73. The lowest BCUT2D eigenvalue weighted by Crippen LogP contribution is -2.46. The number of carbonyl (C=O) groups excluding carboxylic acids is 1. The third-order valence-electron chi connectivity index (χ3n) is 3.41. The summed E-state index contributed by atoms with van der Waals surface area (Å²) < 4.78 is 0. The zero-order chi connectivity index (χ0) is 16.0. The highest BCUT2D eigenvalue weighted by atomic mass is 16.6. The van der Waals surface area contributed by atoms with E-state index < -0.39 is 16.9 Å². The Balaban J connectivity index is 3.03. The molecule has 0 heterocycles. The first-order valence-corrected chi connectivity index (χ1v) is 7.16. The van der Waals surface area contributed by atoms with Crippen LogP contribution in [0.4, 0.5) is 5.69 Å². The Hall–Kier alpha value is -1.95. The van der Waals surface area contributed by atoms with Crippen LogP contribution in [0.1, 0.15) is 45.2 Å². The van der Waals surface area contributed by atoms with Crippen LogP contribution in [0.15, 0.2) is 24.3 Å². The van der Waals surface area contributed by atoms with Crippen LogP contribution in [0.5, 0.6) is 0 Å². The molecule has 0 spiro atoms. The lowest BCUT2D eigenvalue weighted by molar-refractivity contribution is -0.384. The number of nitrogens with two attached hydrogens (primary N) is 1. The van der Waals surface area contributed by atoms with Crippen LogP contribution in [0.25, 0.3) is 0 Å². The van der Waals surface area contributed by atoms with Crippen LogP contribution < -0.4 is 11.1 Å². The Kier molecular flexibility index (Phi) is 6.30. The Morgan fingerprint density at radius 3 is 2.57 bits per heavy atom. The summed E-state index contributed by atoms with van der Waals surface area (Å²) in [4.78, 5) is 22.0. The molecule has 3 N–H and O–H groups in total. The number of nitro benzene ring substituents is 1. The summed E-state index contributed by atoms with van der Waals surface area (Å²) in [7, 11) is 0. The number of nitrogens with zero attached hydrogens (tertiary/aromatic N) is 1. The molecule has 0 aliphatic carbocycles. The fourth-order valence-corrected chi connectivity index (χ4v) is 2.31. The summed E-state index contributed by atoms with van der Waals surface area (Å²) in [6.45, 7) is 5.86. The first kappa shape index (κ1) is 17.1. The summed E-state index contributed by atoms with van der Waals surface area (Å²) in [6.07, 6.45) is 1.67. The average Bonchev–Trinajstić information content (AvgIpc) is 2.42. The molecule has 21 heavy (non-hydrogen) atoms. The average molecular weight is 293 g/mol. The maximum Gasteiger partial charge on any atom is 0.269 e. The van der Waals surface area contributed by atoms with Crippen molar-refractivity contribution in [2.75, 3.05) is 0 Å². The minimum absolute atomic E-state index is 0.0515. The van der Waals surface area contributed by atoms with Gasteiger partial charge in [-0.1, -0.05) is 39.3 Å². The monoisotopic (exact) mass is 293 g/mol. The number of nitro groups is 1. The lowest BCUT2D eigenvalue weighted by Gasteiger charge is -2.26. The van der Waals surface area contributed by atoms with Gasteiger partial charge in [-0.3, -0.25) is 20.2 Å². The molecule has 0 saturated heterocycles. The molecule has 0 aliphatic heterocycles. The van der Waals surface area contributed by atoms with Crippen LogP contribution in [0.2, 0.25) is 0 Å². The van der Waals surface area contributed by atoms with Gasteiger partial charge in [0.2, 0.25) is 5.91 Å². The molecule has 2 unspecified atom stereocenters. The number of amides is 1. The van der Waals surface area contributed by atoms with E-state index in [4.69, 9.17) is 5.73 Å². The quantitative estimate of drug-likeness (QED) is 0.568. The Labute approximate surface area is 124 Å². The van der Waals surface area contributed by atoms with Crippen LogP contribution in [0.3, 0.4) is 0 Å². The van der Waals surface area contributed by atoms with Crippen molar-refractivity contribution in [3.8, 4) is 0 Å². The molecule has 0 fully saturated rings. The van der Waals surface area contributed by atoms with Gasteiger partial charge >= 0.3 is 0 Å². The number of primary amides is 1. The van der Waals surface area contributed by atoms with Crippen molar-refractivity contribution in [2.24, 2.45) is 11.7 Å². The summed E-state index contributed by atoms with van der Waals surface area (Å²) >= 11 is 0. The van der Waals surface area contributed by atoms with Crippen molar-refractivity contribution in [1.82, 2.24) is 5.32 Å². The van der Waals surface area contributed by atoms with E-state index in [-0.39, 0.29) is 17.6 Å². The smallest absolute Gasteiger partial charge is 0.269 e. The lowest BCUT2D eigenvalue weighted by atomic mass is 9.97. The molecule has 1 aromatic carbocycles. The Morgan fingerprint density at radius 1 is 1.43 bits per heavy atom. The maximum absolute atomic E-state index is 11.5. The first-order valence-electron chi connectivity index (χ1n) is 7.16. The fraction of sp³-hybridized carbons (Fsp3) is 0.533. The molecule has 6 nitrogen and oxygen atoms in total. The van der Waals surface area contributed by atoms with E-state index in [9.17, 15) is 14.9 Å². The summed E-state index contributed by atoms with van der Waals surface area (Å²) in [5.74, 6) is -0.350. The zero-order valence-electron chi connectivity index (χ0n) is 12.7. The Bertz CT molecular complexity index is 503. The van der Waals surface area contributed by atoms with Crippen LogP contribution in [-0.2, 0) is 4.79 Å². The van der Waals surface area contributed by atoms with Crippen molar-refractivity contribution < 1.29 is 9.72 Å². The van der Waals surface area contributed by atoms with E-state index in [1.165, 1.54) is 6.07 Å².